The molecule has 0 amide bonds. The number of halogens is 4. The summed E-state index contributed by atoms with van der Waals surface area (Å²) < 4.78 is 67.6. The van der Waals surface area contributed by atoms with Gasteiger partial charge in [-0.1, -0.05) is 26.2 Å². The predicted octanol–water partition coefficient (Wildman–Crippen LogP) is 6.77. The van der Waals surface area contributed by atoms with Gasteiger partial charge in [-0.2, -0.15) is 18.3 Å². The van der Waals surface area contributed by atoms with Crippen molar-refractivity contribution in [2.24, 2.45) is 0 Å². The highest BCUT2D eigenvalue weighted by Gasteiger charge is 2.31. The maximum Gasteiger partial charge on any atom is 0.419 e. The van der Waals surface area contributed by atoms with Gasteiger partial charge < -0.3 is 19.4 Å². The molecule has 1 N–H and O–H groups in total. The van der Waals surface area contributed by atoms with E-state index in [-0.39, 0.29) is 46.4 Å². The number of aromatic nitrogens is 5. The summed E-state index contributed by atoms with van der Waals surface area (Å²) in [4.78, 5) is 33.9. The molecule has 1 aromatic carbocycles. The third-order valence-electron chi connectivity index (χ3n) is 7.57. The molecule has 4 aromatic rings. The van der Waals surface area contributed by atoms with Crippen LogP contribution in [0.2, 0.25) is 25.7 Å². The third kappa shape index (κ3) is 9.16. The van der Waals surface area contributed by atoms with Crippen LogP contribution in [0.5, 0.6) is 0 Å². The summed E-state index contributed by atoms with van der Waals surface area (Å²) in [6.45, 7) is 15.6. The minimum absolute atomic E-state index is 0.0140. The molecule has 0 aliphatic rings. The molecule has 0 saturated carbocycles. The number of alkyl halides is 3. The average Bonchev–Trinajstić information content (AvgIpc) is 3.00. The summed E-state index contributed by atoms with van der Waals surface area (Å²) in [7, 11) is -1.29. The molecule has 0 spiro atoms. The molecule has 0 bridgehead atoms. The minimum atomic E-state index is -4.62. The van der Waals surface area contributed by atoms with E-state index in [1.807, 2.05) is 6.92 Å². The molecule has 10 nitrogen and oxygen atoms in total. The normalized spacial score (nSPS) is 12.7. The number of fused-ring (bicyclic) bond motifs is 1. The largest absolute Gasteiger partial charge is 0.494 e. The van der Waals surface area contributed by atoms with Crippen molar-refractivity contribution < 1.29 is 27.0 Å². The lowest BCUT2D eigenvalue weighted by Gasteiger charge is -2.20. The van der Waals surface area contributed by atoms with Crippen LogP contribution in [0.3, 0.4) is 0 Å². The Balaban J connectivity index is 1.43. The van der Waals surface area contributed by atoms with Gasteiger partial charge in [0.1, 0.15) is 23.9 Å². The van der Waals surface area contributed by atoms with Gasteiger partial charge >= 0.3 is 6.18 Å². The maximum absolute atomic E-state index is 15.0. The van der Waals surface area contributed by atoms with Crippen LogP contribution >= 0.6 is 0 Å². The van der Waals surface area contributed by atoms with Crippen LogP contribution in [0.15, 0.2) is 59.2 Å². The molecule has 15 heteroatoms. The molecule has 0 unspecified atom stereocenters. The average molecular weight is 689 g/mol. The number of hydrogen-bond donors (Lipinski definition) is 1. The summed E-state index contributed by atoms with van der Waals surface area (Å²) in [6.07, 6.45) is 0.857. The Morgan fingerprint density at radius 3 is 2.46 bits per heavy atom. The van der Waals surface area contributed by atoms with Crippen molar-refractivity contribution in [3.63, 3.8) is 0 Å². The van der Waals surface area contributed by atoms with Gasteiger partial charge in [0.2, 0.25) is 0 Å². The van der Waals surface area contributed by atoms with Crippen molar-refractivity contribution in [1.29, 1.82) is 0 Å². The minimum Gasteiger partial charge on any atom is -0.494 e. The summed E-state index contributed by atoms with van der Waals surface area (Å²) in [5.41, 5.74) is -1.23. The number of anilines is 1. The molecule has 4 rings (SSSR count). The van der Waals surface area contributed by atoms with Gasteiger partial charge in [0.25, 0.3) is 11.1 Å². The Bertz CT molecular complexity index is 1870. The van der Waals surface area contributed by atoms with Gasteiger partial charge in [0.15, 0.2) is 5.82 Å². The standard InChI is InChI=1S/C33H40F4N6O4Si/c1-7-47-22(3)29-28(19-40-43(32(29)45)20-46-13-14-48(4,5)6)41-21(2)9-8-11-42-12-10-23-15-26(27(34)16-25(23)31(42)44)30-38-17-24(18-39-30)33(35,36)37/h10,12,15-19,21,41H,3,7-9,11,13-14,20H2,1-2,4-6H3/t21-/m0/s1. The summed E-state index contributed by atoms with van der Waals surface area (Å²) in [6, 6.07) is 4.85. The maximum atomic E-state index is 15.0. The fourth-order valence-electron chi connectivity index (χ4n) is 4.91. The lowest BCUT2D eigenvalue weighted by molar-refractivity contribution is -0.138. The van der Waals surface area contributed by atoms with Gasteiger partial charge in [-0.25, -0.2) is 19.0 Å². The molecule has 0 aliphatic heterocycles. The quantitative estimate of drug-likeness (QED) is 0.0630. The highest BCUT2D eigenvalue weighted by molar-refractivity contribution is 6.76. The second kappa shape index (κ2) is 15.2. The fraction of sp³-hybridized carbons (Fsp3) is 0.424. The van der Waals surface area contributed by atoms with Gasteiger partial charge in [-0.05, 0) is 56.3 Å². The van der Waals surface area contributed by atoms with Crippen LogP contribution in [-0.4, -0.2) is 51.6 Å². The van der Waals surface area contributed by atoms with Gasteiger partial charge in [0.05, 0.1) is 35.0 Å². The molecule has 1 atom stereocenters. The van der Waals surface area contributed by atoms with Crippen LogP contribution in [0.4, 0.5) is 23.2 Å². The van der Waals surface area contributed by atoms with E-state index in [1.54, 1.807) is 25.4 Å². The van der Waals surface area contributed by atoms with Crippen LogP contribution in [0.25, 0.3) is 27.9 Å². The highest BCUT2D eigenvalue weighted by atomic mass is 28.3. The molecule has 0 aliphatic carbocycles. The Labute approximate surface area is 276 Å². The summed E-state index contributed by atoms with van der Waals surface area (Å²) >= 11 is 0. The van der Waals surface area contributed by atoms with Crippen molar-refractivity contribution >= 4 is 30.3 Å². The lowest BCUT2D eigenvalue weighted by atomic mass is 10.1. The Hall–Kier alpha value is -4.37. The number of pyridine rings is 1. The number of aryl methyl sites for hydroxylation is 1. The predicted molar refractivity (Wildman–Crippen MR) is 180 cm³/mol. The lowest BCUT2D eigenvalue weighted by Crippen LogP contribution is -2.30. The second-order valence-corrected chi connectivity index (χ2v) is 18.3. The second-order valence-electron chi connectivity index (χ2n) is 12.7. The molecule has 0 fully saturated rings. The number of hydrogen-bond acceptors (Lipinski definition) is 8. The van der Waals surface area contributed by atoms with E-state index >= 15 is 4.39 Å². The number of benzene rings is 1. The topological polar surface area (TPSA) is 113 Å². The van der Waals surface area contributed by atoms with Crippen molar-refractivity contribution in [3.8, 4) is 11.4 Å². The summed E-state index contributed by atoms with van der Waals surface area (Å²) in [5.74, 6) is -0.828. The molecule has 0 saturated heterocycles. The van der Waals surface area contributed by atoms with Crippen LogP contribution < -0.4 is 16.4 Å². The van der Waals surface area contributed by atoms with Crippen molar-refractivity contribution in [3.05, 3.63) is 87.2 Å². The highest BCUT2D eigenvalue weighted by Crippen LogP contribution is 2.30. The van der Waals surface area contributed by atoms with Crippen molar-refractivity contribution in [1.82, 2.24) is 24.3 Å². The smallest absolute Gasteiger partial charge is 0.419 e. The monoisotopic (exact) mass is 688 g/mol. The van der Waals surface area contributed by atoms with Gasteiger partial charge in [-0.3, -0.25) is 9.59 Å². The first-order valence-electron chi connectivity index (χ1n) is 15.6. The Morgan fingerprint density at radius 1 is 1.10 bits per heavy atom. The molecule has 258 valence electrons. The van der Waals surface area contributed by atoms with E-state index in [4.69, 9.17) is 9.47 Å². The number of nitrogens with one attached hydrogen (secondary N) is 1. The number of ether oxygens (including phenoxy) is 2. The zero-order valence-electron chi connectivity index (χ0n) is 27.7. The van der Waals surface area contributed by atoms with E-state index in [1.165, 1.54) is 15.3 Å². The first-order valence-corrected chi connectivity index (χ1v) is 19.3. The number of rotatable bonds is 15. The van der Waals surface area contributed by atoms with Crippen molar-refractivity contribution in [2.75, 3.05) is 18.5 Å². The first kappa shape index (κ1) is 36.5. The molecular weight excluding hydrogens is 648 g/mol. The zero-order valence-corrected chi connectivity index (χ0v) is 28.7. The van der Waals surface area contributed by atoms with E-state index in [0.29, 0.717) is 56.1 Å². The first-order chi connectivity index (χ1) is 22.6. The van der Waals surface area contributed by atoms with E-state index in [9.17, 15) is 22.8 Å². The third-order valence-corrected chi connectivity index (χ3v) is 9.28. The van der Waals surface area contributed by atoms with Crippen LogP contribution in [0.1, 0.15) is 37.8 Å². The van der Waals surface area contributed by atoms with Gasteiger partial charge in [-0.15, -0.1) is 0 Å². The molecule has 3 heterocycles. The fourth-order valence-corrected chi connectivity index (χ4v) is 5.66. The summed E-state index contributed by atoms with van der Waals surface area (Å²) in [5, 5.41) is 8.12. The molecular formula is C33H40F4N6O4Si. The zero-order chi connectivity index (χ0) is 35.2. The van der Waals surface area contributed by atoms with Crippen molar-refractivity contribution in [2.45, 2.75) is 77.9 Å². The van der Waals surface area contributed by atoms with Crippen LogP contribution in [-0.2, 0) is 28.9 Å². The Morgan fingerprint density at radius 2 is 1.81 bits per heavy atom. The van der Waals surface area contributed by atoms with E-state index < -0.39 is 31.2 Å². The van der Waals surface area contributed by atoms with E-state index in [2.05, 4.69) is 46.6 Å². The molecule has 48 heavy (non-hydrogen) atoms. The Kier molecular flexibility index (Phi) is 11.6. The van der Waals surface area contributed by atoms with Gasteiger partial charge in [0, 0.05) is 45.9 Å². The van der Waals surface area contributed by atoms with E-state index in [0.717, 1.165) is 12.1 Å². The SMILES string of the molecule is C=C(OCC)c1c(N[C@@H](C)CCCn2ccc3cc(-c4ncc(C(F)(F)F)cn4)c(F)cc3c2=O)cnn(COCC[Si](C)(C)C)c1=O. The van der Waals surface area contributed by atoms with Crippen LogP contribution in [0, 0.1) is 5.82 Å². The molecule has 3 aromatic heterocycles. The molecule has 0 radical (unpaired) electrons. The number of nitrogens with zero attached hydrogens (tertiary/aromatic N) is 5.